The van der Waals surface area contributed by atoms with Crippen molar-refractivity contribution >= 4 is 23.0 Å². The minimum absolute atomic E-state index is 0.0730. The summed E-state index contributed by atoms with van der Waals surface area (Å²) in [6, 6.07) is 18.6. The average Bonchev–Trinajstić information content (AvgIpc) is 3.01. The molecule has 0 unspecified atom stereocenters. The van der Waals surface area contributed by atoms with E-state index in [0.29, 0.717) is 28.3 Å². The maximum Gasteiger partial charge on any atom is 0.164 e. The Morgan fingerprint density at radius 2 is 1.45 bits per heavy atom. The summed E-state index contributed by atoms with van der Waals surface area (Å²) >= 11 is 0. The highest BCUT2D eigenvalue weighted by Crippen LogP contribution is 2.37. The van der Waals surface area contributed by atoms with Gasteiger partial charge in [0, 0.05) is 29.3 Å². The van der Waals surface area contributed by atoms with Crippen LogP contribution in [0.25, 0.3) is 33.3 Å². The Morgan fingerprint density at radius 1 is 0.900 bits per heavy atom. The molecule has 2 N–H and O–H groups in total. The number of fused-ring (bicyclic) bond motifs is 1. The number of nitrogens with two attached hydrogens (primary N) is 1. The fourth-order valence-electron chi connectivity index (χ4n) is 4.61. The zero-order chi connectivity index (χ0) is 29.5. The number of aromatic nitrogens is 2. The fraction of sp³-hybridized carbons (Fsp3) is 0.353. The number of hydrogen-bond acceptors (Lipinski definition) is 6. The van der Waals surface area contributed by atoms with E-state index in [0.717, 1.165) is 55.0 Å². The predicted molar refractivity (Wildman–Crippen MR) is 166 cm³/mol. The molecule has 0 bridgehead atoms. The van der Waals surface area contributed by atoms with Gasteiger partial charge in [-0.05, 0) is 56.0 Å². The van der Waals surface area contributed by atoms with Gasteiger partial charge in [0.15, 0.2) is 11.5 Å². The lowest BCUT2D eigenvalue weighted by Crippen LogP contribution is -2.03. The summed E-state index contributed by atoms with van der Waals surface area (Å²) in [5.74, 6) is 0.745. The van der Waals surface area contributed by atoms with Gasteiger partial charge in [-0.25, -0.2) is 4.98 Å². The first kappa shape index (κ1) is 32.3. The largest absolute Gasteiger partial charge is 0.494 e. The molecular weight excluding hydrogens is 498 g/mol. The van der Waals surface area contributed by atoms with Crippen LogP contribution in [-0.2, 0) is 11.2 Å². The molecule has 0 atom stereocenters. The number of ketones is 1. The Kier molecular flexibility index (Phi) is 13.7. The smallest absolute Gasteiger partial charge is 0.164 e. The molecule has 0 saturated carbocycles. The van der Waals surface area contributed by atoms with E-state index in [9.17, 15) is 9.59 Å². The van der Waals surface area contributed by atoms with Crippen molar-refractivity contribution in [2.24, 2.45) is 11.7 Å². The first-order chi connectivity index (χ1) is 19.5. The molecule has 0 radical (unpaired) electrons. The molecular formula is C34H43N3O3. The molecule has 0 saturated heterocycles. The van der Waals surface area contributed by atoms with E-state index in [1.54, 1.807) is 19.5 Å². The number of ether oxygens (including phenoxy) is 1. The van der Waals surface area contributed by atoms with Gasteiger partial charge < -0.3 is 15.3 Å². The molecule has 2 aromatic heterocycles. The molecule has 0 amide bonds. The molecule has 0 aliphatic carbocycles. The fourth-order valence-corrected chi connectivity index (χ4v) is 4.61. The van der Waals surface area contributed by atoms with Crippen LogP contribution >= 0.6 is 0 Å². The lowest BCUT2D eigenvalue weighted by atomic mass is 9.98. The first-order valence-electron chi connectivity index (χ1n) is 14.0. The second kappa shape index (κ2) is 16.9. The van der Waals surface area contributed by atoms with Crippen molar-refractivity contribution in [2.75, 3.05) is 14.2 Å². The van der Waals surface area contributed by atoms with Gasteiger partial charge in [-0.2, -0.15) is 0 Å². The molecule has 0 aliphatic rings. The van der Waals surface area contributed by atoms with Crippen LogP contribution < -0.4 is 10.5 Å². The number of methoxy groups -OCH3 is 1. The van der Waals surface area contributed by atoms with Gasteiger partial charge in [-0.3, -0.25) is 9.78 Å². The molecule has 6 heteroatoms. The Hall–Kier alpha value is -3.90. The van der Waals surface area contributed by atoms with E-state index in [2.05, 4.69) is 67.9 Å². The van der Waals surface area contributed by atoms with E-state index in [1.807, 2.05) is 18.2 Å². The minimum atomic E-state index is -0.0730. The molecule has 0 fully saturated rings. The maximum atomic E-state index is 12.4. The average molecular weight is 542 g/mol. The molecule has 2 heterocycles. The van der Waals surface area contributed by atoms with E-state index < -0.39 is 0 Å². The number of Topliss-reactive ketones (excluding diaryl/α,β-unsaturated/α-hetero) is 1. The predicted octanol–water partition coefficient (Wildman–Crippen LogP) is 7.71. The molecule has 2 aromatic carbocycles. The van der Waals surface area contributed by atoms with E-state index in [1.165, 1.54) is 25.1 Å². The highest BCUT2D eigenvalue weighted by atomic mass is 16.5. The molecule has 6 nitrogen and oxygen atoms in total. The standard InChI is InChI=1S/C25H22N2O2.C8H16O.CH5N/c1-4-17-5-7-18(8-6-17)19-9-11-20(12-10-19)24-25(29-3)23(16(2)28)21-15-26-14-13-22(21)27-24;1-3-5-8(7-9)6-4-2;1-2/h5-15H,4H2,1-3H3;7-8H,3-6H2,1-2H3;2H2,1H3. The van der Waals surface area contributed by atoms with E-state index in [4.69, 9.17) is 9.72 Å². The summed E-state index contributed by atoms with van der Waals surface area (Å²) in [5.41, 5.74) is 10.9. The second-order valence-electron chi connectivity index (χ2n) is 9.42. The van der Waals surface area contributed by atoms with Gasteiger partial charge in [0.2, 0.25) is 0 Å². The van der Waals surface area contributed by atoms with Crippen molar-refractivity contribution in [3.8, 4) is 28.1 Å². The van der Waals surface area contributed by atoms with Crippen molar-refractivity contribution in [3.63, 3.8) is 0 Å². The molecule has 4 rings (SSSR count). The monoisotopic (exact) mass is 541 g/mol. The first-order valence-corrected chi connectivity index (χ1v) is 14.0. The lowest BCUT2D eigenvalue weighted by molar-refractivity contribution is -0.111. The van der Waals surface area contributed by atoms with Crippen LogP contribution in [0.2, 0.25) is 0 Å². The van der Waals surface area contributed by atoms with Gasteiger partial charge in [-0.15, -0.1) is 0 Å². The number of pyridine rings is 2. The summed E-state index contributed by atoms with van der Waals surface area (Å²) in [4.78, 5) is 31.6. The van der Waals surface area contributed by atoms with Crippen LogP contribution in [-0.4, -0.2) is 36.2 Å². The van der Waals surface area contributed by atoms with E-state index >= 15 is 0 Å². The number of nitrogens with zero attached hydrogens (tertiary/aromatic N) is 2. The van der Waals surface area contributed by atoms with Crippen LogP contribution in [0.1, 0.15) is 69.3 Å². The topological polar surface area (TPSA) is 95.2 Å². The third kappa shape index (κ3) is 8.30. The number of hydrogen-bond donors (Lipinski definition) is 1. The van der Waals surface area contributed by atoms with Crippen LogP contribution in [0.5, 0.6) is 5.75 Å². The highest BCUT2D eigenvalue weighted by molar-refractivity contribution is 6.10. The molecule has 4 aromatic rings. The zero-order valence-corrected chi connectivity index (χ0v) is 24.7. The third-order valence-electron chi connectivity index (χ3n) is 6.66. The van der Waals surface area contributed by atoms with Crippen molar-refractivity contribution < 1.29 is 14.3 Å². The summed E-state index contributed by atoms with van der Waals surface area (Å²) in [5, 5.41) is 0.702. The number of aryl methyl sites for hydroxylation is 1. The normalized spacial score (nSPS) is 10.3. The molecule has 0 aliphatic heterocycles. The van der Waals surface area contributed by atoms with Crippen LogP contribution in [0.15, 0.2) is 67.0 Å². The lowest BCUT2D eigenvalue weighted by Gasteiger charge is -2.14. The number of rotatable bonds is 10. The van der Waals surface area contributed by atoms with Gasteiger partial charge in [-0.1, -0.05) is 82.1 Å². The number of carbonyl (C=O) groups is 2. The van der Waals surface area contributed by atoms with Crippen molar-refractivity contribution in [1.82, 2.24) is 9.97 Å². The zero-order valence-electron chi connectivity index (χ0n) is 24.7. The summed E-state index contributed by atoms with van der Waals surface area (Å²) in [7, 11) is 3.07. The SMILES string of the molecule is CCCC(C=O)CCC.CCc1ccc(-c2ccc(-c3nc4ccncc4c(C(C)=O)c3OC)cc2)cc1.CN. The van der Waals surface area contributed by atoms with E-state index in [-0.39, 0.29) is 5.78 Å². The van der Waals surface area contributed by atoms with Crippen molar-refractivity contribution in [2.45, 2.75) is 59.8 Å². The van der Waals surface area contributed by atoms with Crippen molar-refractivity contribution in [3.05, 3.63) is 78.1 Å². The van der Waals surface area contributed by atoms with Crippen LogP contribution in [0.4, 0.5) is 0 Å². The number of carbonyl (C=O) groups excluding carboxylic acids is 2. The van der Waals surface area contributed by atoms with Crippen LogP contribution in [0, 0.1) is 5.92 Å². The van der Waals surface area contributed by atoms with Gasteiger partial charge in [0.25, 0.3) is 0 Å². The summed E-state index contributed by atoms with van der Waals surface area (Å²) < 4.78 is 5.63. The van der Waals surface area contributed by atoms with Crippen LogP contribution in [0.3, 0.4) is 0 Å². The minimum Gasteiger partial charge on any atom is -0.494 e. The van der Waals surface area contributed by atoms with Gasteiger partial charge in [0.05, 0.1) is 18.2 Å². The Bertz CT molecular complexity index is 1340. The molecule has 0 spiro atoms. The summed E-state index contributed by atoms with van der Waals surface area (Å²) in [6.07, 6.45) is 9.85. The van der Waals surface area contributed by atoms with Gasteiger partial charge in [0.1, 0.15) is 12.0 Å². The Labute approximate surface area is 239 Å². The van der Waals surface area contributed by atoms with Gasteiger partial charge >= 0.3 is 0 Å². The number of benzene rings is 2. The summed E-state index contributed by atoms with van der Waals surface area (Å²) in [6.45, 7) is 7.93. The quantitative estimate of drug-likeness (QED) is 0.163. The van der Waals surface area contributed by atoms with Crippen molar-refractivity contribution in [1.29, 1.82) is 0 Å². The molecule has 212 valence electrons. The maximum absolute atomic E-state index is 12.4. The Morgan fingerprint density at radius 3 is 1.93 bits per heavy atom. The second-order valence-corrected chi connectivity index (χ2v) is 9.42. The number of aldehydes is 1. The third-order valence-corrected chi connectivity index (χ3v) is 6.66. The Balaban J connectivity index is 0.000000436. The molecule has 40 heavy (non-hydrogen) atoms. The highest BCUT2D eigenvalue weighted by Gasteiger charge is 2.20.